The first kappa shape index (κ1) is 19.0. The standard InChI is InChI=1S/C22H25N3O2/c1-15(26)17-10-11-19-18(14-17)20(22(27)24-19)21(16-8-5-4-6-9-16)23-12-7-13-25(2)3/h4-6,8-11,14,20H,7,12-13H2,1-3H3,(H,24,27). The number of aliphatic imine (C=N–C) groups is 1. The Balaban J connectivity index is 2.00. The van der Waals surface area contributed by atoms with Crippen LogP contribution < -0.4 is 5.32 Å². The van der Waals surface area contributed by atoms with Crippen LogP contribution in [0.5, 0.6) is 0 Å². The topological polar surface area (TPSA) is 61.8 Å². The first-order valence-electron chi connectivity index (χ1n) is 9.17. The number of nitrogens with one attached hydrogen (secondary N) is 1. The van der Waals surface area contributed by atoms with E-state index in [0.29, 0.717) is 12.1 Å². The van der Waals surface area contributed by atoms with Gasteiger partial charge in [-0.05, 0) is 63.3 Å². The van der Waals surface area contributed by atoms with Crippen molar-refractivity contribution in [1.82, 2.24) is 4.90 Å². The lowest BCUT2D eigenvalue weighted by molar-refractivity contribution is -0.115. The number of amides is 1. The van der Waals surface area contributed by atoms with Crippen LogP contribution in [0.4, 0.5) is 5.69 Å². The zero-order valence-corrected chi connectivity index (χ0v) is 16.0. The van der Waals surface area contributed by atoms with Crippen molar-refractivity contribution in [1.29, 1.82) is 0 Å². The molecule has 0 spiro atoms. The molecule has 5 heteroatoms. The highest BCUT2D eigenvalue weighted by molar-refractivity contribution is 6.23. The zero-order chi connectivity index (χ0) is 19.4. The second-order valence-corrected chi connectivity index (χ2v) is 7.07. The second kappa shape index (κ2) is 8.27. The maximum Gasteiger partial charge on any atom is 0.238 e. The minimum absolute atomic E-state index is 0.0138. The molecule has 5 nitrogen and oxygen atoms in total. The van der Waals surface area contributed by atoms with E-state index in [-0.39, 0.29) is 11.7 Å². The maximum absolute atomic E-state index is 12.8. The van der Waals surface area contributed by atoms with Gasteiger partial charge in [0.25, 0.3) is 0 Å². The number of carbonyl (C=O) groups excluding carboxylic acids is 2. The SMILES string of the molecule is CC(=O)c1ccc2c(c1)C(C(=NCCCN(C)C)c1ccccc1)C(=O)N2. The lowest BCUT2D eigenvalue weighted by Crippen LogP contribution is -2.23. The average molecular weight is 363 g/mol. The highest BCUT2D eigenvalue weighted by Crippen LogP contribution is 2.36. The van der Waals surface area contributed by atoms with Crippen LogP contribution in [0.1, 0.15) is 40.7 Å². The van der Waals surface area contributed by atoms with Crippen LogP contribution in [0, 0.1) is 0 Å². The van der Waals surface area contributed by atoms with Gasteiger partial charge in [-0.2, -0.15) is 0 Å². The third-order valence-electron chi connectivity index (χ3n) is 4.68. The maximum atomic E-state index is 12.8. The molecule has 3 rings (SSSR count). The predicted octanol–water partition coefficient (Wildman–Crippen LogP) is 3.37. The van der Waals surface area contributed by atoms with E-state index in [1.807, 2.05) is 50.5 Å². The fraction of sp³-hybridized carbons (Fsp3) is 0.318. The molecule has 1 aliphatic heterocycles. The molecule has 1 heterocycles. The fourth-order valence-electron chi connectivity index (χ4n) is 3.30. The molecule has 0 aromatic heterocycles. The average Bonchev–Trinajstić information content (AvgIpc) is 2.97. The van der Waals surface area contributed by atoms with Crippen LogP contribution in [-0.2, 0) is 4.79 Å². The van der Waals surface area contributed by atoms with Gasteiger partial charge in [-0.15, -0.1) is 0 Å². The van der Waals surface area contributed by atoms with Crippen LogP contribution >= 0.6 is 0 Å². The molecule has 0 saturated heterocycles. The number of carbonyl (C=O) groups is 2. The number of hydrogen-bond donors (Lipinski definition) is 1. The first-order valence-corrected chi connectivity index (χ1v) is 9.17. The van der Waals surface area contributed by atoms with Gasteiger partial charge in [0.05, 0.1) is 5.71 Å². The smallest absolute Gasteiger partial charge is 0.238 e. The summed E-state index contributed by atoms with van der Waals surface area (Å²) in [6.45, 7) is 3.12. The van der Waals surface area contributed by atoms with Gasteiger partial charge in [0, 0.05) is 17.8 Å². The molecule has 140 valence electrons. The van der Waals surface area contributed by atoms with E-state index >= 15 is 0 Å². The molecule has 27 heavy (non-hydrogen) atoms. The van der Waals surface area contributed by atoms with Crippen molar-refractivity contribution in [2.75, 3.05) is 32.5 Å². The van der Waals surface area contributed by atoms with Crippen molar-refractivity contribution in [2.45, 2.75) is 19.3 Å². The van der Waals surface area contributed by atoms with Crippen molar-refractivity contribution in [2.24, 2.45) is 4.99 Å². The van der Waals surface area contributed by atoms with E-state index in [0.717, 1.165) is 35.5 Å². The molecular weight excluding hydrogens is 338 g/mol. The van der Waals surface area contributed by atoms with Crippen molar-refractivity contribution in [3.05, 3.63) is 65.2 Å². The van der Waals surface area contributed by atoms with Gasteiger partial charge in [0.15, 0.2) is 5.78 Å². The molecule has 0 aliphatic carbocycles. The summed E-state index contributed by atoms with van der Waals surface area (Å²) >= 11 is 0. The summed E-state index contributed by atoms with van der Waals surface area (Å²) in [5.74, 6) is -0.609. The molecular formula is C22H25N3O2. The van der Waals surface area contributed by atoms with E-state index < -0.39 is 5.92 Å². The molecule has 1 unspecified atom stereocenters. The van der Waals surface area contributed by atoms with E-state index in [2.05, 4.69) is 10.2 Å². The second-order valence-electron chi connectivity index (χ2n) is 7.07. The normalized spacial score (nSPS) is 16.4. The monoisotopic (exact) mass is 363 g/mol. The van der Waals surface area contributed by atoms with Gasteiger partial charge in [0.2, 0.25) is 5.91 Å². The Morgan fingerprint density at radius 3 is 2.52 bits per heavy atom. The number of rotatable bonds is 7. The van der Waals surface area contributed by atoms with Gasteiger partial charge in [-0.3, -0.25) is 14.6 Å². The Hall–Kier alpha value is -2.79. The van der Waals surface area contributed by atoms with Crippen molar-refractivity contribution in [3.8, 4) is 0 Å². The number of ketones is 1. The molecule has 0 bridgehead atoms. The van der Waals surface area contributed by atoms with Crippen LogP contribution in [0.25, 0.3) is 0 Å². The molecule has 0 fully saturated rings. The van der Waals surface area contributed by atoms with E-state index in [1.165, 1.54) is 6.92 Å². The van der Waals surface area contributed by atoms with Crippen molar-refractivity contribution in [3.63, 3.8) is 0 Å². The van der Waals surface area contributed by atoms with Crippen LogP contribution in [0.15, 0.2) is 53.5 Å². The highest BCUT2D eigenvalue weighted by atomic mass is 16.2. The van der Waals surface area contributed by atoms with Crippen LogP contribution in [0.2, 0.25) is 0 Å². The summed E-state index contributed by atoms with van der Waals surface area (Å²) in [7, 11) is 4.07. The molecule has 1 N–H and O–H groups in total. The number of hydrogen-bond acceptors (Lipinski definition) is 4. The quantitative estimate of drug-likeness (QED) is 0.466. The van der Waals surface area contributed by atoms with E-state index in [1.54, 1.807) is 12.1 Å². The lowest BCUT2D eigenvalue weighted by Gasteiger charge is -2.15. The third-order valence-corrected chi connectivity index (χ3v) is 4.68. The molecule has 1 amide bonds. The van der Waals surface area contributed by atoms with Gasteiger partial charge in [-0.1, -0.05) is 30.3 Å². The molecule has 1 aliphatic rings. The molecule has 2 aromatic rings. The number of anilines is 1. The van der Waals surface area contributed by atoms with Crippen LogP contribution in [0.3, 0.4) is 0 Å². The summed E-state index contributed by atoms with van der Waals surface area (Å²) in [6.07, 6.45) is 0.915. The first-order chi connectivity index (χ1) is 13.0. The van der Waals surface area contributed by atoms with E-state index in [9.17, 15) is 9.59 Å². The van der Waals surface area contributed by atoms with Gasteiger partial charge in [0.1, 0.15) is 5.92 Å². The molecule has 0 radical (unpaired) electrons. The Morgan fingerprint density at radius 2 is 1.85 bits per heavy atom. The Morgan fingerprint density at radius 1 is 1.11 bits per heavy atom. The molecule has 0 saturated carbocycles. The summed E-state index contributed by atoms with van der Waals surface area (Å²) in [5, 5.41) is 2.93. The number of benzene rings is 2. The summed E-state index contributed by atoms with van der Waals surface area (Å²) in [6, 6.07) is 15.2. The summed E-state index contributed by atoms with van der Waals surface area (Å²) < 4.78 is 0. The molecule has 2 aromatic carbocycles. The van der Waals surface area contributed by atoms with E-state index in [4.69, 9.17) is 4.99 Å². The predicted molar refractivity (Wildman–Crippen MR) is 109 cm³/mol. The highest BCUT2D eigenvalue weighted by Gasteiger charge is 2.35. The largest absolute Gasteiger partial charge is 0.325 e. The minimum atomic E-state index is -0.499. The third kappa shape index (κ3) is 4.31. The van der Waals surface area contributed by atoms with Gasteiger partial charge < -0.3 is 10.2 Å². The van der Waals surface area contributed by atoms with Crippen molar-refractivity contribution < 1.29 is 9.59 Å². The summed E-state index contributed by atoms with van der Waals surface area (Å²) in [4.78, 5) is 31.5. The Bertz CT molecular complexity index is 872. The van der Waals surface area contributed by atoms with Crippen molar-refractivity contribution >= 4 is 23.1 Å². The summed E-state index contributed by atoms with van der Waals surface area (Å²) in [5.41, 5.74) is 3.87. The zero-order valence-electron chi connectivity index (χ0n) is 16.0. The van der Waals surface area contributed by atoms with Gasteiger partial charge >= 0.3 is 0 Å². The lowest BCUT2D eigenvalue weighted by atomic mass is 9.89. The number of nitrogens with zero attached hydrogens (tertiary/aromatic N) is 2. The molecule has 1 atom stereocenters. The van der Waals surface area contributed by atoms with Crippen LogP contribution in [-0.4, -0.2) is 49.5 Å². The minimum Gasteiger partial charge on any atom is -0.325 e. The fourth-order valence-corrected chi connectivity index (χ4v) is 3.30. The number of fused-ring (bicyclic) bond motifs is 1. The Kier molecular flexibility index (Phi) is 5.81. The van der Waals surface area contributed by atoms with Gasteiger partial charge in [-0.25, -0.2) is 0 Å². The number of Topliss-reactive ketones (excluding diaryl/α,β-unsaturated/α-hetero) is 1. The Labute approximate surface area is 160 Å².